The predicted molar refractivity (Wildman–Crippen MR) is 86.1 cm³/mol. The third kappa shape index (κ3) is 2.11. The van der Waals surface area contributed by atoms with Gasteiger partial charge in [-0.25, -0.2) is 0 Å². The number of nitrogens with zero attached hydrogens (tertiary/aromatic N) is 1. The zero-order chi connectivity index (χ0) is 14.4. The first-order valence-electron chi connectivity index (χ1n) is 7.93. The van der Waals surface area contributed by atoms with Gasteiger partial charge >= 0.3 is 0 Å². The number of amides is 1. The molecule has 3 fully saturated rings. The minimum Gasteiger partial charge on any atom is -0.317 e. The predicted octanol–water partition coefficient (Wildman–Crippen LogP) is 2.93. The molecule has 3 atom stereocenters. The monoisotopic (exact) mass is 302 g/mol. The van der Waals surface area contributed by atoms with Gasteiger partial charge in [-0.1, -0.05) is 36.8 Å². The Bertz CT molecular complexity index is 543. The van der Waals surface area contributed by atoms with Gasteiger partial charge in [-0.3, -0.25) is 10.1 Å². The van der Waals surface area contributed by atoms with Gasteiger partial charge in [0.15, 0.2) is 0 Å². The summed E-state index contributed by atoms with van der Waals surface area (Å²) in [7, 11) is 0. The van der Waals surface area contributed by atoms with Crippen molar-refractivity contribution < 1.29 is 4.79 Å². The summed E-state index contributed by atoms with van der Waals surface area (Å²) in [4.78, 5) is 15.2. The van der Waals surface area contributed by atoms with Gasteiger partial charge in [0.25, 0.3) is 0 Å². The summed E-state index contributed by atoms with van der Waals surface area (Å²) in [5, 5.41) is 4.24. The van der Waals surface area contributed by atoms with Crippen LogP contribution in [0, 0.1) is 0 Å². The van der Waals surface area contributed by atoms with Crippen LogP contribution in [0.15, 0.2) is 30.3 Å². The molecule has 0 bridgehead atoms. The molecule has 2 aliphatic carbocycles. The van der Waals surface area contributed by atoms with Crippen LogP contribution in [0.3, 0.4) is 0 Å². The summed E-state index contributed by atoms with van der Waals surface area (Å²) < 4.78 is 0. The van der Waals surface area contributed by atoms with Gasteiger partial charge in [0.2, 0.25) is 5.91 Å². The number of carbonyl (C=O) groups excluding carboxylic acids is 1. The van der Waals surface area contributed by atoms with E-state index in [0.717, 1.165) is 19.3 Å². The van der Waals surface area contributed by atoms with Crippen molar-refractivity contribution in [3.8, 4) is 0 Å². The van der Waals surface area contributed by atoms with E-state index in [1.165, 1.54) is 18.4 Å². The van der Waals surface area contributed by atoms with Gasteiger partial charge in [0.1, 0.15) is 11.7 Å². The first-order valence-corrected chi connectivity index (χ1v) is 9.22. The number of rotatable bonds is 3. The van der Waals surface area contributed by atoms with Crippen molar-refractivity contribution in [2.75, 3.05) is 6.26 Å². The Balaban J connectivity index is 1.69. The van der Waals surface area contributed by atoms with Crippen molar-refractivity contribution in [1.82, 2.24) is 10.2 Å². The quantitative estimate of drug-likeness (QED) is 0.932. The lowest BCUT2D eigenvalue weighted by molar-refractivity contribution is -0.132. The Morgan fingerprint density at radius 3 is 2.67 bits per heavy atom. The molecule has 1 N–H and O–H groups in total. The van der Waals surface area contributed by atoms with E-state index < -0.39 is 0 Å². The number of hydrogen-bond acceptors (Lipinski definition) is 3. The summed E-state index contributed by atoms with van der Waals surface area (Å²) in [5.74, 6) is 0.349. The maximum atomic E-state index is 13.0. The first kappa shape index (κ1) is 13.6. The second kappa shape index (κ2) is 5.03. The summed E-state index contributed by atoms with van der Waals surface area (Å²) in [5.41, 5.74) is 0.993. The third-order valence-corrected chi connectivity index (χ3v) is 6.43. The van der Waals surface area contributed by atoms with Crippen LogP contribution >= 0.6 is 11.8 Å². The molecule has 1 aliphatic heterocycles. The number of thioether (sulfide) groups is 1. The Kier molecular flexibility index (Phi) is 3.27. The zero-order valence-electron chi connectivity index (χ0n) is 12.4. The van der Waals surface area contributed by atoms with Crippen LogP contribution in [0.25, 0.3) is 0 Å². The Labute approximate surface area is 130 Å². The molecule has 3 unspecified atom stereocenters. The number of hydrogen-bond donors (Lipinski definition) is 1. The molecular weight excluding hydrogens is 280 g/mol. The molecular formula is C17H22N2OS. The molecule has 1 aromatic carbocycles. The van der Waals surface area contributed by atoms with Crippen molar-refractivity contribution in [3.05, 3.63) is 35.9 Å². The van der Waals surface area contributed by atoms with Crippen molar-refractivity contribution in [2.45, 2.75) is 55.1 Å². The lowest BCUT2D eigenvalue weighted by Crippen LogP contribution is -2.43. The fourth-order valence-electron chi connectivity index (χ4n) is 3.96. The maximum absolute atomic E-state index is 13.0. The van der Waals surface area contributed by atoms with Crippen LogP contribution in [0.2, 0.25) is 0 Å². The molecule has 3 aliphatic rings. The van der Waals surface area contributed by atoms with Crippen LogP contribution in [0.1, 0.15) is 43.8 Å². The highest BCUT2D eigenvalue weighted by Crippen LogP contribution is 2.49. The van der Waals surface area contributed by atoms with Crippen LogP contribution in [0.5, 0.6) is 0 Å². The van der Waals surface area contributed by atoms with E-state index in [4.69, 9.17) is 0 Å². The first-order chi connectivity index (χ1) is 10.2. The highest BCUT2D eigenvalue weighted by atomic mass is 32.2. The third-order valence-electron chi connectivity index (χ3n) is 5.28. The SMILES string of the molecule is CSC1CCCC1N1C(=O)C2(CC2)NC1c1ccccc1. The lowest BCUT2D eigenvalue weighted by Gasteiger charge is -2.33. The van der Waals surface area contributed by atoms with Gasteiger partial charge in [-0.2, -0.15) is 11.8 Å². The highest BCUT2D eigenvalue weighted by molar-refractivity contribution is 7.99. The van der Waals surface area contributed by atoms with E-state index in [1.807, 2.05) is 17.8 Å². The highest BCUT2D eigenvalue weighted by Gasteiger charge is 2.61. The Morgan fingerprint density at radius 2 is 2.00 bits per heavy atom. The summed E-state index contributed by atoms with van der Waals surface area (Å²) >= 11 is 1.93. The molecule has 0 radical (unpaired) electrons. The molecule has 3 nitrogen and oxygen atoms in total. The van der Waals surface area contributed by atoms with E-state index in [0.29, 0.717) is 17.2 Å². The number of benzene rings is 1. The summed E-state index contributed by atoms with van der Waals surface area (Å²) in [6.07, 6.45) is 7.89. The molecule has 1 amide bonds. The summed E-state index contributed by atoms with van der Waals surface area (Å²) in [6, 6.07) is 10.9. The van der Waals surface area contributed by atoms with Crippen LogP contribution in [-0.2, 0) is 4.79 Å². The largest absolute Gasteiger partial charge is 0.317 e. The normalized spacial score (nSPS) is 33.9. The van der Waals surface area contributed by atoms with E-state index in [-0.39, 0.29) is 11.7 Å². The fourth-order valence-corrected chi connectivity index (χ4v) is 4.95. The van der Waals surface area contributed by atoms with Crippen molar-refractivity contribution in [1.29, 1.82) is 0 Å². The molecule has 0 aromatic heterocycles. The van der Waals surface area contributed by atoms with Gasteiger partial charge in [-0.15, -0.1) is 0 Å². The Hall–Kier alpha value is -1.00. The average Bonchev–Trinajstić information content (AvgIpc) is 3.06. The minimum absolute atomic E-state index is 0.0685. The van der Waals surface area contributed by atoms with Crippen LogP contribution in [0.4, 0.5) is 0 Å². The van der Waals surface area contributed by atoms with Crippen molar-refractivity contribution >= 4 is 17.7 Å². The maximum Gasteiger partial charge on any atom is 0.244 e. The molecule has 1 heterocycles. The number of carbonyl (C=O) groups is 1. The van der Waals surface area contributed by atoms with Crippen LogP contribution < -0.4 is 5.32 Å². The van der Waals surface area contributed by atoms with Crippen LogP contribution in [-0.4, -0.2) is 33.9 Å². The van der Waals surface area contributed by atoms with Gasteiger partial charge < -0.3 is 4.90 Å². The molecule has 2 saturated carbocycles. The second-order valence-corrected chi connectivity index (χ2v) is 7.60. The van der Waals surface area contributed by atoms with Gasteiger partial charge in [0, 0.05) is 11.3 Å². The summed E-state index contributed by atoms with van der Waals surface area (Å²) in [6.45, 7) is 0. The molecule has 4 heteroatoms. The van der Waals surface area contributed by atoms with Crippen molar-refractivity contribution in [2.24, 2.45) is 0 Å². The molecule has 112 valence electrons. The molecule has 1 spiro atoms. The molecule has 21 heavy (non-hydrogen) atoms. The second-order valence-electron chi connectivity index (χ2n) is 6.52. The van der Waals surface area contributed by atoms with E-state index in [2.05, 4.69) is 40.7 Å². The van der Waals surface area contributed by atoms with E-state index in [1.54, 1.807) is 0 Å². The molecule has 4 rings (SSSR count). The molecule has 1 aromatic rings. The average molecular weight is 302 g/mol. The van der Waals surface area contributed by atoms with E-state index in [9.17, 15) is 4.79 Å². The minimum atomic E-state index is -0.230. The fraction of sp³-hybridized carbons (Fsp3) is 0.588. The van der Waals surface area contributed by atoms with Gasteiger partial charge in [0.05, 0.1) is 0 Å². The van der Waals surface area contributed by atoms with E-state index >= 15 is 0 Å². The topological polar surface area (TPSA) is 32.3 Å². The van der Waals surface area contributed by atoms with Gasteiger partial charge in [-0.05, 0) is 37.5 Å². The number of nitrogens with one attached hydrogen (secondary N) is 1. The molecule has 1 saturated heterocycles. The Morgan fingerprint density at radius 1 is 1.24 bits per heavy atom. The standard InChI is InChI=1S/C17H22N2OS/c1-21-14-9-5-8-13(14)19-15(12-6-3-2-4-7-12)18-17(10-11-17)16(19)20/h2-4,6-7,13-15,18H,5,8-11H2,1H3. The zero-order valence-corrected chi connectivity index (χ0v) is 13.2. The van der Waals surface area contributed by atoms with Crippen molar-refractivity contribution in [3.63, 3.8) is 0 Å². The smallest absolute Gasteiger partial charge is 0.244 e. The lowest BCUT2D eigenvalue weighted by atomic mass is 10.1.